The van der Waals surface area contributed by atoms with E-state index in [1.165, 1.54) is 6.39 Å². The minimum absolute atomic E-state index is 0. The topological polar surface area (TPSA) is 67.6 Å². The van der Waals surface area contributed by atoms with Gasteiger partial charge in [-0.2, -0.15) is 5.26 Å². The third kappa shape index (κ3) is 1.84. The van der Waals surface area contributed by atoms with Crippen LogP contribution >= 0.6 is 0 Å². The van der Waals surface area contributed by atoms with Gasteiger partial charge >= 0.3 is 0 Å². The maximum atomic E-state index is 8.83. The molecule has 1 radical (unpaired) electrons. The smallest absolute Gasteiger partial charge is 0.170 e. The number of benzene rings is 1. The van der Waals surface area contributed by atoms with Crippen molar-refractivity contribution in [1.29, 1.82) is 5.26 Å². The van der Waals surface area contributed by atoms with Crippen LogP contribution < -0.4 is 0 Å². The van der Waals surface area contributed by atoms with E-state index in [0.717, 1.165) is 5.56 Å². The molecule has 91 valence electrons. The first kappa shape index (κ1) is 12.5. The molecule has 0 aliphatic carbocycles. The molecule has 0 unspecified atom stereocenters. The predicted octanol–water partition coefficient (Wildman–Crippen LogP) is 1.90. The number of hydrogen-bond donors (Lipinski definition) is 0. The predicted molar refractivity (Wildman–Crippen MR) is 59.8 cm³/mol. The normalized spacial score (nSPS) is 10.0. The van der Waals surface area contributed by atoms with E-state index in [4.69, 9.17) is 9.68 Å². The summed E-state index contributed by atoms with van der Waals surface area (Å²) in [6.45, 7) is 0. The van der Waals surface area contributed by atoms with Gasteiger partial charge in [-0.3, -0.25) is 9.97 Å². The monoisotopic (exact) mass is 416 g/mol. The Morgan fingerprint density at radius 1 is 1.50 bits per heavy atom. The fourth-order valence-electron chi connectivity index (χ4n) is 1.75. The summed E-state index contributed by atoms with van der Waals surface area (Å²) in [6, 6.07) is 8.63. The quantitative estimate of drug-likeness (QED) is 0.570. The van der Waals surface area contributed by atoms with E-state index >= 15 is 0 Å². The maximum Gasteiger partial charge on any atom is 0.170 e. The van der Waals surface area contributed by atoms with Gasteiger partial charge in [-0.05, 0) is 0 Å². The molecule has 0 atom stereocenters. The molecule has 2 aromatic heterocycles. The summed E-state index contributed by atoms with van der Waals surface area (Å²) in [7, 11) is 1.83. The molecule has 1 aromatic carbocycles. The van der Waals surface area contributed by atoms with Crippen molar-refractivity contribution in [2.45, 2.75) is 0 Å². The van der Waals surface area contributed by atoms with E-state index in [-0.39, 0.29) is 20.1 Å². The van der Waals surface area contributed by atoms with Crippen molar-refractivity contribution in [2.75, 3.05) is 0 Å². The Kier molecular flexibility index (Phi) is 3.28. The van der Waals surface area contributed by atoms with Crippen LogP contribution in [0.2, 0.25) is 0 Å². The Morgan fingerprint density at radius 3 is 3.06 bits per heavy atom. The minimum atomic E-state index is 0. The second-order valence-electron chi connectivity index (χ2n) is 3.59. The van der Waals surface area contributed by atoms with Gasteiger partial charge in [0.2, 0.25) is 0 Å². The van der Waals surface area contributed by atoms with Crippen LogP contribution in [0, 0.1) is 17.4 Å². The number of nitrogens with zero attached hydrogens (tertiary/aromatic N) is 4. The van der Waals surface area contributed by atoms with E-state index in [2.05, 4.69) is 16.0 Å². The summed E-state index contributed by atoms with van der Waals surface area (Å²) in [4.78, 5) is 8.35. The molecule has 0 aliphatic rings. The van der Waals surface area contributed by atoms with Crippen LogP contribution in [-0.2, 0) is 27.2 Å². The SMILES string of the molecule is Cn1cc(C#N)nc1-c1[c-]ccc2ocnc12.[Ir]. The van der Waals surface area contributed by atoms with Crippen LogP contribution in [0.3, 0.4) is 0 Å². The van der Waals surface area contributed by atoms with Gasteiger partial charge in [0.15, 0.2) is 6.39 Å². The van der Waals surface area contributed by atoms with E-state index in [1.54, 1.807) is 22.9 Å². The summed E-state index contributed by atoms with van der Waals surface area (Å²) in [6.07, 6.45) is 3.05. The third-order valence-corrected chi connectivity index (χ3v) is 2.51. The molecule has 0 fully saturated rings. The van der Waals surface area contributed by atoms with E-state index in [0.29, 0.717) is 22.6 Å². The molecule has 3 rings (SSSR count). The fourth-order valence-corrected chi connectivity index (χ4v) is 1.75. The Labute approximate surface area is 116 Å². The van der Waals surface area contributed by atoms with Crippen molar-refractivity contribution >= 4 is 11.1 Å². The van der Waals surface area contributed by atoms with Crippen molar-refractivity contribution < 1.29 is 24.5 Å². The van der Waals surface area contributed by atoms with Gasteiger partial charge in [0.1, 0.15) is 11.8 Å². The number of hydrogen-bond acceptors (Lipinski definition) is 4. The van der Waals surface area contributed by atoms with Crippen molar-refractivity contribution in [3.05, 3.63) is 36.5 Å². The first-order valence-corrected chi connectivity index (χ1v) is 4.97. The van der Waals surface area contributed by atoms with Crippen molar-refractivity contribution in [2.24, 2.45) is 7.05 Å². The van der Waals surface area contributed by atoms with Crippen LogP contribution in [0.25, 0.3) is 22.5 Å². The van der Waals surface area contributed by atoms with Gasteiger partial charge in [-0.1, -0.05) is 11.6 Å². The van der Waals surface area contributed by atoms with Gasteiger partial charge in [0.05, 0.1) is 11.4 Å². The van der Waals surface area contributed by atoms with Gasteiger partial charge in [-0.25, -0.2) is 0 Å². The molecular formula is C12H7IrN4O-. The summed E-state index contributed by atoms with van der Waals surface area (Å²) in [5, 5.41) is 8.83. The second-order valence-corrected chi connectivity index (χ2v) is 3.59. The number of nitriles is 1. The molecule has 0 N–H and O–H groups in total. The van der Waals surface area contributed by atoms with Gasteiger partial charge in [0.25, 0.3) is 0 Å². The molecule has 0 aliphatic heterocycles. The number of fused-ring (bicyclic) bond motifs is 1. The van der Waals surface area contributed by atoms with Crippen LogP contribution in [0.5, 0.6) is 0 Å². The number of oxazole rings is 1. The van der Waals surface area contributed by atoms with Crippen LogP contribution in [0.1, 0.15) is 5.69 Å². The fraction of sp³-hybridized carbons (Fsp3) is 0.0833. The zero-order valence-corrected chi connectivity index (χ0v) is 11.7. The Morgan fingerprint density at radius 2 is 2.33 bits per heavy atom. The van der Waals surface area contributed by atoms with Crippen molar-refractivity contribution in [3.8, 4) is 17.5 Å². The molecule has 18 heavy (non-hydrogen) atoms. The van der Waals surface area contributed by atoms with Crippen molar-refractivity contribution in [1.82, 2.24) is 14.5 Å². The number of aromatic nitrogens is 3. The van der Waals surface area contributed by atoms with E-state index in [9.17, 15) is 0 Å². The molecule has 0 saturated heterocycles. The van der Waals surface area contributed by atoms with Gasteiger partial charge in [0, 0.05) is 38.9 Å². The molecule has 5 nitrogen and oxygen atoms in total. The zero-order chi connectivity index (χ0) is 11.8. The van der Waals surface area contributed by atoms with Gasteiger partial charge in [-0.15, -0.1) is 12.1 Å². The zero-order valence-electron chi connectivity index (χ0n) is 9.34. The Bertz CT molecular complexity index is 738. The van der Waals surface area contributed by atoms with Crippen molar-refractivity contribution in [3.63, 3.8) is 0 Å². The maximum absolute atomic E-state index is 8.83. The number of aryl methyl sites for hydroxylation is 1. The van der Waals surface area contributed by atoms with E-state index in [1.807, 2.05) is 13.1 Å². The van der Waals surface area contributed by atoms with Crippen LogP contribution in [0.4, 0.5) is 0 Å². The average Bonchev–Trinajstić information content (AvgIpc) is 2.94. The molecule has 2 heterocycles. The Hall–Kier alpha value is -1.96. The summed E-state index contributed by atoms with van der Waals surface area (Å²) >= 11 is 0. The van der Waals surface area contributed by atoms with Crippen LogP contribution in [-0.4, -0.2) is 14.5 Å². The van der Waals surface area contributed by atoms with Crippen LogP contribution in [0.15, 0.2) is 29.1 Å². The molecule has 6 heteroatoms. The molecule has 3 aromatic rings. The Balaban J connectivity index is 0.00000120. The molecule has 0 saturated carbocycles. The van der Waals surface area contributed by atoms with Gasteiger partial charge < -0.3 is 8.98 Å². The average molecular weight is 415 g/mol. The molecule has 0 amide bonds. The van der Waals surface area contributed by atoms with E-state index < -0.39 is 0 Å². The largest absolute Gasteiger partial charge is 0.464 e. The number of rotatable bonds is 1. The summed E-state index contributed by atoms with van der Waals surface area (Å²) in [5.74, 6) is 0.654. The minimum Gasteiger partial charge on any atom is -0.464 e. The first-order chi connectivity index (χ1) is 8.29. The third-order valence-electron chi connectivity index (χ3n) is 2.51. The number of imidazole rings is 1. The summed E-state index contributed by atoms with van der Waals surface area (Å²) in [5.41, 5.74) is 2.49. The summed E-state index contributed by atoms with van der Waals surface area (Å²) < 4.78 is 7.00. The molecule has 0 spiro atoms. The molecular weight excluding hydrogens is 408 g/mol. The second kappa shape index (κ2) is 4.73. The standard InChI is InChI=1S/C12H7N4O.Ir/c1-16-6-8(5-13)15-12(16)9-3-2-4-10-11(9)14-7-17-10;/h2,4,6-7H,1H3;/q-1;. The molecule has 0 bridgehead atoms. The first-order valence-electron chi connectivity index (χ1n) is 4.97.